The van der Waals surface area contributed by atoms with Gasteiger partial charge in [0.15, 0.2) is 0 Å². The second-order valence-corrected chi connectivity index (χ2v) is 5.02. The van der Waals surface area contributed by atoms with Crippen LogP contribution in [-0.2, 0) is 9.53 Å². The number of carbonyl (C=O) groups is 1. The first kappa shape index (κ1) is 14.7. The summed E-state index contributed by atoms with van der Waals surface area (Å²) >= 11 is 0. The highest BCUT2D eigenvalue weighted by atomic mass is 16.5. The molecular weight excluding hydrogens is 258 g/mol. The molecule has 110 valence electrons. The summed E-state index contributed by atoms with van der Waals surface area (Å²) in [6.45, 7) is 1.36. The first-order valence-electron chi connectivity index (χ1n) is 6.79. The van der Waals surface area contributed by atoms with Gasteiger partial charge in [0.1, 0.15) is 6.61 Å². The lowest BCUT2D eigenvalue weighted by atomic mass is 9.68. The smallest absolute Gasteiger partial charge is 0.231 e. The van der Waals surface area contributed by atoms with Gasteiger partial charge in [-0.05, 0) is 18.9 Å². The molecule has 0 saturated heterocycles. The van der Waals surface area contributed by atoms with E-state index in [-0.39, 0.29) is 11.3 Å². The van der Waals surface area contributed by atoms with Crippen molar-refractivity contribution in [3.8, 4) is 5.88 Å². The van der Waals surface area contributed by atoms with Gasteiger partial charge < -0.3 is 20.5 Å². The Morgan fingerprint density at radius 3 is 2.75 bits per heavy atom. The Kier molecular flexibility index (Phi) is 4.92. The lowest BCUT2D eigenvalue weighted by Gasteiger charge is -2.38. The SMILES string of the molecule is COCCOc1ccc(NC(=O)C2(CN)CCC2)cn1. The molecule has 1 aromatic heterocycles. The fourth-order valence-corrected chi connectivity index (χ4v) is 2.16. The Bertz CT molecular complexity index is 438. The Morgan fingerprint density at radius 2 is 2.25 bits per heavy atom. The predicted octanol–water partition coefficient (Wildman–Crippen LogP) is 1.17. The number of nitrogens with zero attached hydrogens (tertiary/aromatic N) is 1. The lowest BCUT2D eigenvalue weighted by molar-refractivity contribution is -0.129. The minimum Gasteiger partial charge on any atom is -0.475 e. The Labute approximate surface area is 118 Å². The number of amides is 1. The monoisotopic (exact) mass is 279 g/mol. The third kappa shape index (κ3) is 3.26. The van der Waals surface area contributed by atoms with Crippen LogP contribution < -0.4 is 15.8 Å². The minimum atomic E-state index is -0.381. The molecule has 2 rings (SSSR count). The number of methoxy groups -OCH3 is 1. The van der Waals surface area contributed by atoms with Crippen molar-refractivity contribution in [2.45, 2.75) is 19.3 Å². The van der Waals surface area contributed by atoms with Crippen molar-refractivity contribution in [3.05, 3.63) is 18.3 Å². The second kappa shape index (κ2) is 6.67. The number of ether oxygens (including phenoxy) is 2. The van der Waals surface area contributed by atoms with Crippen molar-refractivity contribution in [2.24, 2.45) is 11.1 Å². The van der Waals surface area contributed by atoms with Crippen molar-refractivity contribution < 1.29 is 14.3 Å². The zero-order valence-electron chi connectivity index (χ0n) is 11.7. The van der Waals surface area contributed by atoms with E-state index >= 15 is 0 Å². The van der Waals surface area contributed by atoms with Gasteiger partial charge >= 0.3 is 0 Å². The van der Waals surface area contributed by atoms with Crippen molar-refractivity contribution in [3.63, 3.8) is 0 Å². The van der Waals surface area contributed by atoms with E-state index in [1.807, 2.05) is 0 Å². The molecule has 1 saturated carbocycles. The third-order valence-corrected chi connectivity index (χ3v) is 3.71. The van der Waals surface area contributed by atoms with Crippen LogP contribution in [0.2, 0.25) is 0 Å². The van der Waals surface area contributed by atoms with Crippen LogP contribution in [0.5, 0.6) is 5.88 Å². The van der Waals surface area contributed by atoms with Gasteiger partial charge in [-0.2, -0.15) is 0 Å². The van der Waals surface area contributed by atoms with Crippen LogP contribution in [0.1, 0.15) is 19.3 Å². The summed E-state index contributed by atoms with van der Waals surface area (Å²) in [6, 6.07) is 3.50. The van der Waals surface area contributed by atoms with Gasteiger partial charge in [0, 0.05) is 19.7 Å². The van der Waals surface area contributed by atoms with E-state index in [0.29, 0.717) is 31.3 Å². The highest BCUT2D eigenvalue weighted by Crippen LogP contribution is 2.40. The van der Waals surface area contributed by atoms with Crippen LogP contribution >= 0.6 is 0 Å². The molecule has 1 amide bonds. The van der Waals surface area contributed by atoms with E-state index in [9.17, 15) is 4.79 Å². The number of nitrogens with one attached hydrogen (secondary N) is 1. The number of anilines is 1. The molecular formula is C14H21N3O3. The van der Waals surface area contributed by atoms with Crippen molar-refractivity contribution in [2.75, 3.05) is 32.2 Å². The fraction of sp³-hybridized carbons (Fsp3) is 0.571. The number of nitrogens with two attached hydrogens (primary N) is 1. The van der Waals surface area contributed by atoms with Crippen LogP contribution in [0.3, 0.4) is 0 Å². The van der Waals surface area contributed by atoms with Gasteiger partial charge in [-0.25, -0.2) is 4.98 Å². The molecule has 0 atom stereocenters. The van der Waals surface area contributed by atoms with E-state index in [2.05, 4.69) is 10.3 Å². The van der Waals surface area contributed by atoms with Crippen LogP contribution in [-0.4, -0.2) is 37.8 Å². The van der Waals surface area contributed by atoms with Crippen molar-refractivity contribution >= 4 is 11.6 Å². The van der Waals surface area contributed by atoms with E-state index in [1.165, 1.54) is 0 Å². The molecule has 6 nitrogen and oxygen atoms in total. The maximum atomic E-state index is 12.2. The number of carbonyl (C=O) groups excluding carboxylic acids is 1. The van der Waals surface area contributed by atoms with Crippen LogP contribution in [0.15, 0.2) is 18.3 Å². The lowest BCUT2D eigenvalue weighted by Crippen LogP contribution is -2.47. The summed E-state index contributed by atoms with van der Waals surface area (Å²) < 4.78 is 10.2. The first-order valence-corrected chi connectivity index (χ1v) is 6.79. The quantitative estimate of drug-likeness (QED) is 0.732. The third-order valence-electron chi connectivity index (χ3n) is 3.71. The highest BCUT2D eigenvalue weighted by molar-refractivity contribution is 5.96. The normalized spacial score (nSPS) is 16.3. The molecule has 20 heavy (non-hydrogen) atoms. The Hall–Kier alpha value is -1.66. The van der Waals surface area contributed by atoms with Gasteiger partial charge in [-0.1, -0.05) is 6.42 Å². The van der Waals surface area contributed by atoms with Gasteiger partial charge in [0.2, 0.25) is 11.8 Å². The summed E-state index contributed by atoms with van der Waals surface area (Å²) in [5, 5.41) is 2.87. The highest BCUT2D eigenvalue weighted by Gasteiger charge is 2.42. The fourth-order valence-electron chi connectivity index (χ4n) is 2.16. The molecule has 1 aliphatic carbocycles. The molecule has 0 unspecified atom stereocenters. The number of hydrogen-bond acceptors (Lipinski definition) is 5. The summed E-state index contributed by atoms with van der Waals surface area (Å²) in [6.07, 6.45) is 4.38. The Balaban J connectivity index is 1.88. The second-order valence-electron chi connectivity index (χ2n) is 5.02. The molecule has 0 radical (unpaired) electrons. The van der Waals surface area contributed by atoms with E-state index in [1.54, 1.807) is 25.4 Å². The number of rotatable bonds is 7. The maximum Gasteiger partial charge on any atom is 0.231 e. The van der Waals surface area contributed by atoms with Crippen molar-refractivity contribution in [1.82, 2.24) is 4.98 Å². The summed E-state index contributed by atoms with van der Waals surface area (Å²) in [5.41, 5.74) is 5.99. The number of pyridine rings is 1. The molecule has 3 N–H and O–H groups in total. The summed E-state index contributed by atoms with van der Waals surface area (Å²) in [4.78, 5) is 16.3. The topological polar surface area (TPSA) is 86.5 Å². The molecule has 1 heterocycles. The summed E-state index contributed by atoms with van der Waals surface area (Å²) in [7, 11) is 1.61. The average Bonchev–Trinajstić information content (AvgIpc) is 2.40. The van der Waals surface area contributed by atoms with Gasteiger partial charge in [0.25, 0.3) is 0 Å². The zero-order valence-corrected chi connectivity index (χ0v) is 11.7. The molecule has 1 fully saturated rings. The molecule has 1 aliphatic rings. The maximum absolute atomic E-state index is 12.2. The zero-order chi connectivity index (χ0) is 14.4. The number of hydrogen-bond donors (Lipinski definition) is 2. The molecule has 0 bridgehead atoms. The van der Waals surface area contributed by atoms with Gasteiger partial charge in [-0.3, -0.25) is 4.79 Å². The van der Waals surface area contributed by atoms with Gasteiger partial charge in [0.05, 0.1) is 23.9 Å². The van der Waals surface area contributed by atoms with Gasteiger partial charge in [-0.15, -0.1) is 0 Å². The van der Waals surface area contributed by atoms with E-state index in [4.69, 9.17) is 15.2 Å². The minimum absolute atomic E-state index is 0.0129. The predicted molar refractivity (Wildman–Crippen MR) is 75.6 cm³/mol. The van der Waals surface area contributed by atoms with Crippen LogP contribution in [0, 0.1) is 5.41 Å². The molecule has 0 spiro atoms. The standard InChI is InChI=1S/C14H21N3O3/c1-19-7-8-20-12-4-3-11(9-16-12)17-13(18)14(10-15)5-2-6-14/h3-4,9H,2,5-8,10,15H2,1H3,(H,17,18). The van der Waals surface area contributed by atoms with Crippen molar-refractivity contribution in [1.29, 1.82) is 0 Å². The van der Waals surface area contributed by atoms with Crippen LogP contribution in [0.25, 0.3) is 0 Å². The van der Waals surface area contributed by atoms with E-state index < -0.39 is 0 Å². The largest absolute Gasteiger partial charge is 0.475 e. The molecule has 6 heteroatoms. The number of aromatic nitrogens is 1. The summed E-state index contributed by atoms with van der Waals surface area (Å²) in [5.74, 6) is 0.498. The molecule has 0 aliphatic heterocycles. The molecule has 1 aromatic rings. The van der Waals surface area contributed by atoms with E-state index in [0.717, 1.165) is 19.3 Å². The Morgan fingerprint density at radius 1 is 1.45 bits per heavy atom. The average molecular weight is 279 g/mol. The van der Waals surface area contributed by atoms with Crippen LogP contribution in [0.4, 0.5) is 5.69 Å². The first-order chi connectivity index (χ1) is 9.70. The molecule has 0 aromatic carbocycles.